The third-order valence-electron chi connectivity index (χ3n) is 3.21. The second-order valence-corrected chi connectivity index (χ2v) is 4.47. The maximum Gasteiger partial charge on any atom is 0.433 e. The number of carbonyl (C=O) groups is 2. The van der Waals surface area contributed by atoms with Crippen LogP contribution in [0.2, 0.25) is 0 Å². The van der Waals surface area contributed by atoms with E-state index in [0.29, 0.717) is 6.42 Å². The van der Waals surface area contributed by atoms with Crippen LogP contribution in [0.25, 0.3) is 0 Å². The number of rotatable bonds is 3. The van der Waals surface area contributed by atoms with Crippen LogP contribution < -0.4 is 0 Å². The molecule has 2 rings (SSSR count). The van der Waals surface area contributed by atoms with Gasteiger partial charge in [-0.1, -0.05) is 30.3 Å². The molecule has 0 saturated carbocycles. The minimum Gasteiger partial charge on any atom is -0.469 e. The normalized spacial score (nSPS) is 21.6. The second-order valence-electron chi connectivity index (χ2n) is 4.47. The van der Waals surface area contributed by atoms with E-state index in [1.54, 1.807) is 0 Å². The largest absolute Gasteiger partial charge is 0.469 e. The standard InChI is InChI=1S/C14H17NO5/c1-18-13(16)9-11-8-12(10-6-4-3-5-7-10)20-15(11)14(17)19-2/h3-7,11-12H,8-9H2,1-2H3/t11-,12+/m0/s1. The predicted octanol–water partition coefficient (Wildman–Crippen LogP) is 2.06. The van der Waals surface area contributed by atoms with Crippen molar-refractivity contribution in [1.82, 2.24) is 5.06 Å². The molecule has 0 spiro atoms. The summed E-state index contributed by atoms with van der Waals surface area (Å²) in [5, 5.41) is 1.12. The maximum atomic E-state index is 11.7. The Balaban J connectivity index is 2.13. The molecule has 1 aromatic rings. The summed E-state index contributed by atoms with van der Waals surface area (Å²) in [4.78, 5) is 28.7. The minimum atomic E-state index is -0.614. The van der Waals surface area contributed by atoms with Crippen molar-refractivity contribution in [2.45, 2.75) is 25.0 Å². The van der Waals surface area contributed by atoms with Gasteiger partial charge in [-0.05, 0) is 5.56 Å². The first-order chi connectivity index (χ1) is 9.65. The molecule has 0 aromatic heterocycles. The molecule has 2 atom stereocenters. The molecular weight excluding hydrogens is 262 g/mol. The van der Waals surface area contributed by atoms with Crippen molar-refractivity contribution in [3.05, 3.63) is 35.9 Å². The smallest absolute Gasteiger partial charge is 0.433 e. The third kappa shape index (κ3) is 3.08. The van der Waals surface area contributed by atoms with Gasteiger partial charge in [-0.2, -0.15) is 5.06 Å². The summed E-state index contributed by atoms with van der Waals surface area (Å²) in [7, 11) is 2.59. The van der Waals surface area contributed by atoms with E-state index in [0.717, 1.165) is 10.6 Å². The average Bonchev–Trinajstić information content (AvgIpc) is 2.91. The Labute approximate surface area is 117 Å². The number of hydroxylamine groups is 2. The van der Waals surface area contributed by atoms with Crippen LogP contribution in [0.3, 0.4) is 0 Å². The number of nitrogens with zero attached hydrogens (tertiary/aromatic N) is 1. The number of amides is 1. The average molecular weight is 279 g/mol. The highest BCUT2D eigenvalue weighted by Gasteiger charge is 2.39. The quantitative estimate of drug-likeness (QED) is 0.792. The van der Waals surface area contributed by atoms with E-state index in [1.165, 1.54) is 14.2 Å². The summed E-state index contributed by atoms with van der Waals surface area (Å²) >= 11 is 0. The summed E-state index contributed by atoms with van der Waals surface area (Å²) in [5.41, 5.74) is 0.953. The Morgan fingerprint density at radius 2 is 1.95 bits per heavy atom. The number of hydrogen-bond donors (Lipinski definition) is 0. The summed E-state index contributed by atoms with van der Waals surface area (Å²) in [6, 6.07) is 9.15. The van der Waals surface area contributed by atoms with Crippen molar-refractivity contribution < 1.29 is 23.9 Å². The van der Waals surface area contributed by atoms with Crippen LogP contribution in [-0.2, 0) is 19.1 Å². The van der Waals surface area contributed by atoms with Crippen LogP contribution in [0.5, 0.6) is 0 Å². The van der Waals surface area contributed by atoms with Crippen molar-refractivity contribution in [3.63, 3.8) is 0 Å². The van der Waals surface area contributed by atoms with Gasteiger partial charge in [0.05, 0.1) is 26.7 Å². The molecular formula is C14H17NO5. The van der Waals surface area contributed by atoms with Crippen molar-refractivity contribution in [1.29, 1.82) is 0 Å². The third-order valence-corrected chi connectivity index (χ3v) is 3.21. The van der Waals surface area contributed by atoms with Gasteiger partial charge < -0.3 is 9.47 Å². The van der Waals surface area contributed by atoms with E-state index >= 15 is 0 Å². The molecule has 1 amide bonds. The van der Waals surface area contributed by atoms with E-state index in [2.05, 4.69) is 9.47 Å². The molecule has 0 aliphatic carbocycles. The molecule has 1 heterocycles. The number of esters is 1. The lowest BCUT2D eigenvalue weighted by atomic mass is 10.0. The number of benzene rings is 1. The fourth-order valence-electron chi connectivity index (χ4n) is 2.20. The Morgan fingerprint density at radius 3 is 2.55 bits per heavy atom. The molecule has 0 radical (unpaired) electrons. The fraction of sp³-hybridized carbons (Fsp3) is 0.429. The van der Waals surface area contributed by atoms with Gasteiger partial charge in [-0.3, -0.25) is 9.63 Å². The molecule has 1 fully saturated rings. The van der Waals surface area contributed by atoms with Gasteiger partial charge in [-0.25, -0.2) is 4.79 Å². The predicted molar refractivity (Wildman–Crippen MR) is 69.6 cm³/mol. The monoisotopic (exact) mass is 279 g/mol. The number of methoxy groups -OCH3 is 2. The zero-order chi connectivity index (χ0) is 14.5. The van der Waals surface area contributed by atoms with Crippen LogP contribution in [0, 0.1) is 0 Å². The lowest BCUT2D eigenvalue weighted by Gasteiger charge is -2.20. The van der Waals surface area contributed by atoms with E-state index in [4.69, 9.17) is 4.84 Å². The van der Waals surface area contributed by atoms with Gasteiger partial charge in [0.25, 0.3) is 0 Å². The summed E-state index contributed by atoms with van der Waals surface area (Å²) < 4.78 is 9.32. The molecule has 20 heavy (non-hydrogen) atoms. The van der Waals surface area contributed by atoms with Gasteiger partial charge in [-0.15, -0.1) is 0 Å². The van der Waals surface area contributed by atoms with Crippen molar-refractivity contribution in [3.8, 4) is 0 Å². The molecule has 0 unspecified atom stereocenters. The molecule has 1 aliphatic rings. The molecule has 6 nitrogen and oxygen atoms in total. The maximum absolute atomic E-state index is 11.7. The van der Waals surface area contributed by atoms with E-state index in [1.807, 2.05) is 30.3 Å². The number of carbonyl (C=O) groups excluding carboxylic acids is 2. The molecule has 6 heteroatoms. The number of hydrogen-bond acceptors (Lipinski definition) is 5. The van der Waals surface area contributed by atoms with Gasteiger partial charge in [0.15, 0.2) is 0 Å². The van der Waals surface area contributed by atoms with Crippen molar-refractivity contribution >= 4 is 12.1 Å². The highest BCUT2D eigenvalue weighted by molar-refractivity contribution is 5.72. The summed E-state index contributed by atoms with van der Waals surface area (Å²) in [6.45, 7) is 0. The van der Waals surface area contributed by atoms with Crippen molar-refractivity contribution in [2.75, 3.05) is 14.2 Å². The molecule has 108 valence electrons. The highest BCUT2D eigenvalue weighted by atomic mass is 16.7. The minimum absolute atomic E-state index is 0.0783. The number of ether oxygens (including phenoxy) is 2. The van der Waals surface area contributed by atoms with Crippen molar-refractivity contribution in [2.24, 2.45) is 0 Å². The van der Waals surface area contributed by atoms with Crippen LogP contribution >= 0.6 is 0 Å². The summed E-state index contributed by atoms with van der Waals surface area (Å²) in [5.74, 6) is -0.388. The van der Waals surface area contributed by atoms with Crippen LogP contribution in [0.1, 0.15) is 24.5 Å². The van der Waals surface area contributed by atoms with E-state index in [-0.39, 0.29) is 24.5 Å². The molecule has 0 N–H and O–H groups in total. The topological polar surface area (TPSA) is 65.1 Å². The van der Waals surface area contributed by atoms with Gasteiger partial charge >= 0.3 is 12.1 Å². The van der Waals surface area contributed by atoms with Gasteiger partial charge in [0.1, 0.15) is 6.10 Å². The van der Waals surface area contributed by atoms with E-state index < -0.39 is 6.09 Å². The molecule has 0 bridgehead atoms. The Morgan fingerprint density at radius 1 is 1.25 bits per heavy atom. The van der Waals surface area contributed by atoms with Crippen LogP contribution in [-0.4, -0.2) is 37.4 Å². The SMILES string of the molecule is COC(=O)C[C@@H]1C[C@H](c2ccccc2)ON1C(=O)OC. The zero-order valence-electron chi connectivity index (χ0n) is 11.4. The molecule has 1 saturated heterocycles. The Kier molecular flexibility index (Phi) is 4.57. The lowest BCUT2D eigenvalue weighted by molar-refractivity contribution is -0.153. The second kappa shape index (κ2) is 6.38. The first kappa shape index (κ1) is 14.3. The first-order valence-corrected chi connectivity index (χ1v) is 6.31. The first-order valence-electron chi connectivity index (χ1n) is 6.31. The van der Waals surface area contributed by atoms with Gasteiger partial charge in [0.2, 0.25) is 0 Å². The summed E-state index contributed by atoms with van der Waals surface area (Å²) in [6.07, 6.45) is -0.286. The Hall–Kier alpha value is -2.08. The van der Waals surface area contributed by atoms with E-state index in [9.17, 15) is 9.59 Å². The van der Waals surface area contributed by atoms with Crippen LogP contribution in [0.15, 0.2) is 30.3 Å². The van der Waals surface area contributed by atoms with Crippen LogP contribution in [0.4, 0.5) is 4.79 Å². The Bertz CT molecular complexity index is 476. The highest BCUT2D eigenvalue weighted by Crippen LogP contribution is 2.35. The van der Waals surface area contributed by atoms with Gasteiger partial charge in [0, 0.05) is 6.42 Å². The molecule has 1 aromatic carbocycles. The fourth-order valence-corrected chi connectivity index (χ4v) is 2.20. The zero-order valence-corrected chi connectivity index (χ0v) is 11.4. The lowest BCUT2D eigenvalue weighted by Crippen LogP contribution is -2.35. The molecule has 1 aliphatic heterocycles.